The Hall–Kier alpha value is -2.27. The van der Waals surface area contributed by atoms with E-state index in [9.17, 15) is 18.3 Å². The third kappa shape index (κ3) is 6.49. The van der Waals surface area contributed by atoms with E-state index in [0.29, 0.717) is 6.42 Å². The van der Waals surface area contributed by atoms with Crippen LogP contribution in [-0.4, -0.2) is 34.8 Å². The van der Waals surface area contributed by atoms with Crippen molar-refractivity contribution in [3.8, 4) is 0 Å². The molecular formula is C24H38N4O6S. The van der Waals surface area contributed by atoms with Gasteiger partial charge in [0.05, 0.1) is 13.0 Å². The second-order valence-corrected chi connectivity index (χ2v) is 12.5. The van der Waals surface area contributed by atoms with Gasteiger partial charge >= 0.3 is 5.97 Å². The van der Waals surface area contributed by atoms with E-state index in [1.165, 1.54) is 39.0 Å². The van der Waals surface area contributed by atoms with Crippen molar-refractivity contribution in [3.63, 3.8) is 0 Å². The van der Waals surface area contributed by atoms with Crippen molar-refractivity contribution in [2.24, 2.45) is 10.8 Å². The minimum Gasteiger partial charge on any atom is -0.481 e. The van der Waals surface area contributed by atoms with Crippen LogP contribution in [-0.2, 0) is 21.4 Å². The Labute approximate surface area is 207 Å². The van der Waals surface area contributed by atoms with Crippen molar-refractivity contribution >= 4 is 16.0 Å². The van der Waals surface area contributed by atoms with E-state index >= 15 is 0 Å². The number of carboxylic acids is 1. The van der Waals surface area contributed by atoms with Crippen LogP contribution in [0, 0.1) is 24.7 Å². The molecule has 1 aliphatic rings. The molecule has 0 spiro atoms. The fourth-order valence-electron chi connectivity index (χ4n) is 5.41. The Morgan fingerprint density at radius 3 is 2.40 bits per heavy atom. The first kappa shape index (κ1) is 27.3. The third-order valence-corrected chi connectivity index (χ3v) is 9.17. The van der Waals surface area contributed by atoms with Crippen molar-refractivity contribution in [2.45, 2.75) is 110 Å². The number of rotatable bonds is 11. The van der Waals surface area contributed by atoms with Crippen LogP contribution < -0.4 is 4.72 Å². The highest BCUT2D eigenvalue weighted by Crippen LogP contribution is 2.53. The molecule has 2 N–H and O–H groups in total. The van der Waals surface area contributed by atoms with Gasteiger partial charge < -0.3 is 14.2 Å². The van der Waals surface area contributed by atoms with Gasteiger partial charge in [-0.1, -0.05) is 56.8 Å². The predicted octanol–water partition coefficient (Wildman–Crippen LogP) is 4.88. The SMILES string of the molecule is Cc1noc(C)c1S(=O)(=O)NCc1noc([C@H](CCCC2(C(C)(C)C)CCCCC2)CC(=O)O)n1. The summed E-state index contributed by atoms with van der Waals surface area (Å²) < 4.78 is 38.0. The molecule has 1 atom stereocenters. The molecule has 196 valence electrons. The van der Waals surface area contributed by atoms with Gasteiger partial charge in [-0.3, -0.25) is 4.79 Å². The van der Waals surface area contributed by atoms with Gasteiger partial charge in [0.1, 0.15) is 10.6 Å². The smallest absolute Gasteiger partial charge is 0.304 e. The number of nitrogens with zero attached hydrogens (tertiary/aromatic N) is 3. The van der Waals surface area contributed by atoms with E-state index in [4.69, 9.17) is 9.05 Å². The number of aryl methyl sites for hydroxylation is 2. The zero-order valence-electron chi connectivity index (χ0n) is 21.4. The molecule has 3 rings (SSSR count). The highest BCUT2D eigenvalue weighted by Gasteiger charge is 2.42. The predicted molar refractivity (Wildman–Crippen MR) is 128 cm³/mol. The lowest BCUT2D eigenvalue weighted by molar-refractivity contribution is -0.137. The Kier molecular flexibility index (Phi) is 8.41. The molecule has 0 amide bonds. The number of aromatic nitrogens is 3. The summed E-state index contributed by atoms with van der Waals surface area (Å²) in [5.41, 5.74) is 0.706. The number of aliphatic carboxylic acids is 1. The van der Waals surface area contributed by atoms with Gasteiger partial charge in [0, 0.05) is 5.92 Å². The molecule has 2 heterocycles. The van der Waals surface area contributed by atoms with E-state index in [1.54, 1.807) is 6.92 Å². The van der Waals surface area contributed by atoms with Crippen molar-refractivity contribution in [1.29, 1.82) is 0 Å². The van der Waals surface area contributed by atoms with Crippen LogP contribution in [0.25, 0.3) is 0 Å². The second kappa shape index (κ2) is 10.8. The average Bonchev–Trinajstić information content (AvgIpc) is 3.38. The number of hydrogen-bond acceptors (Lipinski definition) is 8. The monoisotopic (exact) mass is 510 g/mol. The van der Waals surface area contributed by atoms with Crippen molar-refractivity contribution in [2.75, 3.05) is 0 Å². The molecule has 10 nitrogen and oxygen atoms in total. The normalized spacial score (nSPS) is 17.4. The molecule has 35 heavy (non-hydrogen) atoms. The largest absolute Gasteiger partial charge is 0.481 e. The summed E-state index contributed by atoms with van der Waals surface area (Å²) in [6, 6.07) is 0. The van der Waals surface area contributed by atoms with Crippen molar-refractivity contribution in [3.05, 3.63) is 23.2 Å². The van der Waals surface area contributed by atoms with Crippen LogP contribution in [0.15, 0.2) is 13.9 Å². The average molecular weight is 511 g/mol. The summed E-state index contributed by atoms with van der Waals surface area (Å²) in [5, 5.41) is 17.0. The van der Waals surface area contributed by atoms with Gasteiger partial charge in [0.2, 0.25) is 15.9 Å². The fourth-order valence-corrected chi connectivity index (χ4v) is 6.71. The standard InChI is InChI=1S/C24H38N4O6S/c1-16-21(17(2)33-27-16)35(31,32)25-15-19-26-22(34-28-19)18(14-20(29)30)10-9-13-24(23(3,4)5)11-7-6-8-12-24/h18,25H,6-15H2,1-5H3,(H,29,30)/t18-/m1/s1. The first-order chi connectivity index (χ1) is 16.3. The molecule has 1 saturated carbocycles. The number of hydrogen-bond donors (Lipinski definition) is 2. The summed E-state index contributed by atoms with van der Waals surface area (Å²) in [7, 11) is -3.88. The fraction of sp³-hybridized carbons (Fsp3) is 0.750. The maximum atomic E-state index is 12.6. The number of sulfonamides is 1. The van der Waals surface area contributed by atoms with E-state index in [1.807, 2.05) is 0 Å². The summed E-state index contributed by atoms with van der Waals surface area (Å²) in [6.07, 6.45) is 8.58. The maximum absolute atomic E-state index is 12.6. The van der Waals surface area contributed by atoms with E-state index in [-0.39, 0.29) is 51.9 Å². The lowest BCUT2D eigenvalue weighted by atomic mass is 9.57. The Balaban J connectivity index is 1.66. The minimum atomic E-state index is -3.88. The summed E-state index contributed by atoms with van der Waals surface area (Å²) in [5.74, 6) is -0.793. The summed E-state index contributed by atoms with van der Waals surface area (Å²) in [4.78, 5) is 15.8. The van der Waals surface area contributed by atoms with Crippen molar-refractivity contribution < 1.29 is 27.4 Å². The van der Waals surface area contributed by atoms with E-state index in [0.717, 1.165) is 12.8 Å². The molecule has 11 heteroatoms. The van der Waals surface area contributed by atoms with Gasteiger partial charge in [-0.15, -0.1) is 0 Å². The van der Waals surface area contributed by atoms with Crippen LogP contribution in [0.2, 0.25) is 0 Å². The molecule has 1 fully saturated rings. The molecule has 0 aliphatic heterocycles. The van der Waals surface area contributed by atoms with Crippen LogP contribution in [0.5, 0.6) is 0 Å². The summed E-state index contributed by atoms with van der Waals surface area (Å²) >= 11 is 0. The lowest BCUT2D eigenvalue weighted by Gasteiger charge is -2.48. The first-order valence-corrected chi connectivity index (χ1v) is 13.8. The third-order valence-electron chi connectivity index (χ3n) is 7.52. The van der Waals surface area contributed by atoms with Gasteiger partial charge in [-0.25, -0.2) is 13.1 Å². The van der Waals surface area contributed by atoms with Gasteiger partial charge in [0.25, 0.3) is 0 Å². The molecule has 0 unspecified atom stereocenters. The number of nitrogens with one attached hydrogen (secondary N) is 1. The second-order valence-electron chi connectivity index (χ2n) is 10.8. The molecule has 0 radical (unpaired) electrons. The lowest BCUT2D eigenvalue weighted by Crippen LogP contribution is -2.37. The highest BCUT2D eigenvalue weighted by molar-refractivity contribution is 7.89. The van der Waals surface area contributed by atoms with Crippen molar-refractivity contribution in [1.82, 2.24) is 20.0 Å². The molecule has 0 aromatic carbocycles. The van der Waals surface area contributed by atoms with Gasteiger partial charge in [-0.2, -0.15) is 4.98 Å². The van der Waals surface area contributed by atoms with E-state index in [2.05, 4.69) is 40.8 Å². The highest BCUT2D eigenvalue weighted by atomic mass is 32.2. The molecule has 2 aromatic heterocycles. The van der Waals surface area contributed by atoms with Crippen LogP contribution >= 0.6 is 0 Å². The number of carbonyl (C=O) groups is 1. The topological polar surface area (TPSA) is 148 Å². The van der Waals surface area contributed by atoms with Crippen LogP contribution in [0.4, 0.5) is 0 Å². The van der Waals surface area contributed by atoms with Gasteiger partial charge in [-0.05, 0) is 50.4 Å². The summed E-state index contributed by atoms with van der Waals surface area (Å²) in [6.45, 7) is 9.80. The zero-order chi connectivity index (χ0) is 25.9. The van der Waals surface area contributed by atoms with E-state index < -0.39 is 21.9 Å². The molecule has 1 aliphatic carbocycles. The van der Waals surface area contributed by atoms with Gasteiger partial charge in [0.15, 0.2) is 11.6 Å². The van der Waals surface area contributed by atoms with Crippen LogP contribution in [0.1, 0.15) is 108 Å². The molecule has 2 aromatic rings. The molecule has 0 bridgehead atoms. The minimum absolute atomic E-state index is 0.0135. The Morgan fingerprint density at radius 2 is 1.83 bits per heavy atom. The quantitative estimate of drug-likeness (QED) is 0.431. The van der Waals surface area contributed by atoms with Crippen LogP contribution in [0.3, 0.4) is 0 Å². The molecule has 0 saturated heterocycles. The zero-order valence-corrected chi connectivity index (χ0v) is 22.2. The Morgan fingerprint density at radius 1 is 1.14 bits per heavy atom. The number of carboxylic acid groups (broad SMARTS) is 1. The maximum Gasteiger partial charge on any atom is 0.304 e. The molecular weight excluding hydrogens is 472 g/mol. The Bertz CT molecular complexity index is 1090. The first-order valence-electron chi connectivity index (χ1n) is 12.3.